The molecule has 1 rings (SSSR count). The number of allylic oxidation sites excluding steroid dienone is 3. The molecule has 1 aliphatic carbocycles. The summed E-state index contributed by atoms with van der Waals surface area (Å²) in [5.41, 5.74) is 8.92. The molecular weight excluding hydrogens is 300 g/mol. The molecule has 0 bridgehead atoms. The maximum absolute atomic E-state index is 8.38. The van der Waals surface area contributed by atoms with Crippen molar-refractivity contribution < 1.29 is 53.8 Å². The van der Waals surface area contributed by atoms with Crippen molar-refractivity contribution in [1.29, 1.82) is 0 Å². The maximum atomic E-state index is 8.38. The second-order valence-corrected chi connectivity index (χ2v) is 2.47. The summed E-state index contributed by atoms with van der Waals surface area (Å²) in [7, 11) is 1.54. The van der Waals surface area contributed by atoms with E-state index in [1.54, 1.807) is 19.3 Å². The van der Waals surface area contributed by atoms with Crippen LogP contribution in [-0.2, 0) is 24.2 Å². The Morgan fingerprint density at radius 3 is 2.43 bits per heavy atom. The quantitative estimate of drug-likeness (QED) is 0.275. The Hall–Kier alpha value is 0.153. The Bertz CT molecular complexity index is 285. The first kappa shape index (κ1) is 19.7. The van der Waals surface area contributed by atoms with Crippen LogP contribution in [0.3, 0.4) is 0 Å². The number of nitrogens with zero attached hydrogens (tertiary/aromatic N) is 2. The molecule has 0 amide bonds. The molecule has 0 aromatic carbocycles. The van der Waals surface area contributed by atoms with Crippen LogP contribution < -0.4 is 24.8 Å². The Kier molecular flexibility index (Phi) is 13.6. The fourth-order valence-corrected chi connectivity index (χ4v) is 1.10. The summed E-state index contributed by atoms with van der Waals surface area (Å²) in [4.78, 5) is 3.02. The maximum Gasteiger partial charge on any atom is 2.00 e. The predicted molar refractivity (Wildman–Crippen MR) is 42.3 cm³/mol. The fourth-order valence-electron chi connectivity index (χ4n) is 0.822. The summed E-state index contributed by atoms with van der Waals surface area (Å²) < 4.78 is 4.92. The van der Waals surface area contributed by atoms with E-state index < -0.39 is 0 Å². The van der Waals surface area contributed by atoms with Crippen LogP contribution in [0.15, 0.2) is 22.9 Å². The molecule has 0 aliphatic heterocycles. The van der Waals surface area contributed by atoms with Gasteiger partial charge in [-0.2, -0.15) is 4.79 Å². The van der Waals surface area contributed by atoms with E-state index in [9.17, 15) is 0 Å². The van der Waals surface area contributed by atoms with E-state index >= 15 is 0 Å². The molecule has 0 saturated carbocycles. The zero-order valence-electron chi connectivity index (χ0n) is 7.51. The van der Waals surface area contributed by atoms with Crippen LogP contribution in [-0.4, -0.2) is 17.6 Å². The van der Waals surface area contributed by atoms with Crippen molar-refractivity contribution in [3.63, 3.8) is 0 Å². The first-order chi connectivity index (χ1) is 5.27. The first-order valence-corrected chi connectivity index (χ1v) is 3.48. The van der Waals surface area contributed by atoms with Gasteiger partial charge in [0.2, 0.25) is 0 Å². The van der Waals surface area contributed by atoms with Crippen molar-refractivity contribution >= 4 is 17.3 Å². The number of rotatable bonds is 1. The van der Waals surface area contributed by atoms with Crippen molar-refractivity contribution in [2.75, 3.05) is 7.11 Å². The van der Waals surface area contributed by atoms with Gasteiger partial charge in [-0.1, -0.05) is 11.6 Å². The van der Waals surface area contributed by atoms with Gasteiger partial charge in [-0.15, -0.1) is 0 Å². The van der Waals surface area contributed by atoms with E-state index in [1.807, 2.05) is 0 Å². The molecule has 74 valence electrons. The molecule has 7 heteroatoms. The van der Waals surface area contributed by atoms with Crippen molar-refractivity contribution in [3.05, 3.63) is 28.5 Å². The molecule has 0 saturated heterocycles. The smallest absolute Gasteiger partial charge is 1.00 e. The van der Waals surface area contributed by atoms with Crippen LogP contribution in [0.2, 0.25) is 0 Å². The van der Waals surface area contributed by atoms with Crippen LogP contribution in [0.4, 0.5) is 0 Å². The van der Waals surface area contributed by atoms with Crippen LogP contribution in [0, 0.1) is 0 Å². The molecule has 1 aliphatic rings. The van der Waals surface area contributed by atoms with Gasteiger partial charge in [0.1, 0.15) is 5.76 Å². The molecule has 0 atom stereocenters. The minimum atomic E-state index is 0. The van der Waals surface area contributed by atoms with Crippen LogP contribution in [0.25, 0.3) is 5.53 Å². The average molecular weight is 307 g/mol. The van der Waals surface area contributed by atoms with E-state index in [0.717, 1.165) is 0 Å². The molecule has 0 aromatic heterocycles. The molecule has 0 unspecified atom stereocenters. The summed E-state index contributed by atoms with van der Waals surface area (Å²) in [5, 5.41) is 0.464. The van der Waals surface area contributed by atoms with Crippen LogP contribution in [0.5, 0.6) is 0 Å². The molecule has 0 spiro atoms. The Morgan fingerprint density at radius 1 is 1.50 bits per heavy atom. The van der Waals surface area contributed by atoms with Crippen LogP contribution >= 0.6 is 11.6 Å². The van der Waals surface area contributed by atoms with Crippen molar-refractivity contribution in [3.8, 4) is 0 Å². The minimum absolute atomic E-state index is 0. The summed E-state index contributed by atoms with van der Waals surface area (Å²) in [5.74, 6) is 0.624. The second kappa shape index (κ2) is 9.70. The second-order valence-electron chi connectivity index (χ2n) is 2.06. The molecule has 0 N–H and O–H groups in total. The Labute approximate surface area is 113 Å². The molecule has 14 heavy (non-hydrogen) atoms. The minimum Gasteiger partial charge on any atom is -1.00 e. The molecule has 0 aromatic rings. The number of hydrogen-bond acceptors (Lipinski definition) is 1. The van der Waals surface area contributed by atoms with E-state index in [2.05, 4.69) is 4.79 Å². The largest absolute Gasteiger partial charge is 2.00 e. The van der Waals surface area contributed by atoms with Gasteiger partial charge in [0.05, 0.1) is 18.6 Å². The third-order valence-electron chi connectivity index (χ3n) is 1.37. The third-order valence-corrected chi connectivity index (χ3v) is 1.67. The van der Waals surface area contributed by atoms with Gasteiger partial charge in [0, 0.05) is 6.08 Å². The monoisotopic (exact) mass is 304 g/mol. The van der Waals surface area contributed by atoms with Crippen molar-refractivity contribution in [2.45, 2.75) is 6.42 Å². The standard InChI is InChI=1S/C7H7ClN2O.2ClH.Zn/c1-11-7-3-2-5(10-9)4-6(7)8;;;/h3-4H,2H2,1H3;2*1H;/q;;;+2/p-2. The summed E-state index contributed by atoms with van der Waals surface area (Å²) in [6, 6.07) is 0. The van der Waals surface area contributed by atoms with E-state index in [4.69, 9.17) is 21.9 Å². The normalized spacial score (nSPS) is 13.1. The van der Waals surface area contributed by atoms with Crippen molar-refractivity contribution in [1.82, 2.24) is 0 Å². The van der Waals surface area contributed by atoms with E-state index in [0.29, 0.717) is 22.9 Å². The van der Waals surface area contributed by atoms with Gasteiger partial charge < -0.3 is 35.1 Å². The molecule has 0 heterocycles. The van der Waals surface area contributed by atoms with Gasteiger partial charge >= 0.3 is 19.5 Å². The SMILES string of the molecule is COC1=CCC(=[N+]=[N-])C=C1Cl.[Cl-].[Cl-].[Zn+2]. The zero-order valence-corrected chi connectivity index (χ0v) is 12.7. The van der Waals surface area contributed by atoms with Crippen LogP contribution in [0.1, 0.15) is 6.42 Å². The Balaban J connectivity index is -0.000000403. The van der Waals surface area contributed by atoms with Gasteiger partial charge in [-0.3, -0.25) is 0 Å². The molecule has 3 nitrogen and oxygen atoms in total. The van der Waals surface area contributed by atoms with Gasteiger partial charge in [0.25, 0.3) is 5.71 Å². The first-order valence-electron chi connectivity index (χ1n) is 3.10. The molecule has 0 radical (unpaired) electrons. The third kappa shape index (κ3) is 5.14. The van der Waals surface area contributed by atoms with Gasteiger partial charge in [0.15, 0.2) is 0 Å². The number of hydrogen-bond donors (Lipinski definition) is 0. The topological polar surface area (TPSA) is 45.6 Å². The van der Waals surface area contributed by atoms with Gasteiger partial charge in [-0.25, -0.2) is 0 Å². The number of ether oxygens (including phenoxy) is 1. The number of halogens is 3. The van der Waals surface area contributed by atoms with E-state index in [-0.39, 0.29) is 44.3 Å². The van der Waals surface area contributed by atoms with E-state index in [1.165, 1.54) is 0 Å². The summed E-state index contributed by atoms with van der Waals surface area (Å²) in [6.45, 7) is 0. The summed E-state index contributed by atoms with van der Waals surface area (Å²) in [6.07, 6.45) is 3.88. The zero-order chi connectivity index (χ0) is 8.27. The summed E-state index contributed by atoms with van der Waals surface area (Å²) >= 11 is 5.73. The fraction of sp³-hybridized carbons (Fsp3) is 0.286. The average Bonchev–Trinajstić information content (AvgIpc) is 2.04. The molecular formula is C7H7Cl3N2OZn. The van der Waals surface area contributed by atoms with Gasteiger partial charge in [-0.05, 0) is 6.08 Å². The molecule has 0 fully saturated rings. The Morgan fingerprint density at radius 2 is 2.07 bits per heavy atom. The predicted octanol–water partition coefficient (Wildman–Crippen LogP) is -4.28. The number of methoxy groups -OCH3 is 1. The van der Waals surface area contributed by atoms with Crippen molar-refractivity contribution in [2.24, 2.45) is 0 Å².